The number of nitrogens with zero attached hydrogens (tertiary/aromatic N) is 1. The zero-order valence-electron chi connectivity index (χ0n) is 10.7. The highest BCUT2D eigenvalue weighted by Gasteiger charge is 2.04. The van der Waals surface area contributed by atoms with E-state index >= 15 is 0 Å². The normalized spacial score (nSPS) is 10.4. The summed E-state index contributed by atoms with van der Waals surface area (Å²) in [5.74, 6) is -0.312. The van der Waals surface area contributed by atoms with Crippen LogP contribution in [0.15, 0.2) is 24.3 Å². The zero-order chi connectivity index (χ0) is 13.4. The SMILES string of the molecule is CN(C)CCCOC(=O)COc1ccc(F)cc1. The molecule has 0 fully saturated rings. The quantitative estimate of drug-likeness (QED) is 0.549. The predicted molar refractivity (Wildman–Crippen MR) is 66.0 cm³/mol. The number of esters is 1. The lowest BCUT2D eigenvalue weighted by Gasteiger charge is -2.10. The highest BCUT2D eigenvalue weighted by atomic mass is 19.1. The third kappa shape index (κ3) is 6.20. The van der Waals surface area contributed by atoms with E-state index in [0.29, 0.717) is 12.4 Å². The van der Waals surface area contributed by atoms with Crippen LogP contribution >= 0.6 is 0 Å². The number of rotatable bonds is 7. The van der Waals surface area contributed by atoms with Crippen molar-refractivity contribution in [1.29, 1.82) is 0 Å². The maximum absolute atomic E-state index is 12.6. The average molecular weight is 255 g/mol. The number of halogens is 1. The highest BCUT2D eigenvalue weighted by Crippen LogP contribution is 2.10. The molecule has 1 rings (SSSR count). The first kappa shape index (κ1) is 14.4. The first-order chi connectivity index (χ1) is 8.58. The van der Waals surface area contributed by atoms with Gasteiger partial charge in [0.25, 0.3) is 0 Å². The van der Waals surface area contributed by atoms with Gasteiger partial charge in [-0.05, 0) is 44.8 Å². The molecule has 1 aromatic rings. The van der Waals surface area contributed by atoms with Crippen molar-refractivity contribution in [3.63, 3.8) is 0 Å². The molecule has 0 unspecified atom stereocenters. The largest absolute Gasteiger partial charge is 0.482 e. The van der Waals surface area contributed by atoms with Crippen molar-refractivity contribution in [3.05, 3.63) is 30.1 Å². The summed E-state index contributed by atoms with van der Waals surface area (Å²) in [6.07, 6.45) is 0.787. The summed E-state index contributed by atoms with van der Waals surface area (Å²) >= 11 is 0. The van der Waals surface area contributed by atoms with Crippen LogP contribution in [0.25, 0.3) is 0 Å². The Morgan fingerprint density at radius 1 is 1.28 bits per heavy atom. The maximum atomic E-state index is 12.6. The molecule has 0 aliphatic heterocycles. The molecule has 0 saturated carbocycles. The summed E-state index contributed by atoms with van der Waals surface area (Å²) in [7, 11) is 3.92. The Hall–Kier alpha value is -1.62. The minimum atomic E-state index is -0.418. The Balaban J connectivity index is 2.15. The molecule has 0 N–H and O–H groups in total. The first-order valence-electron chi connectivity index (χ1n) is 5.76. The second-order valence-electron chi connectivity index (χ2n) is 4.12. The summed E-state index contributed by atoms with van der Waals surface area (Å²) in [4.78, 5) is 13.3. The molecule has 0 amide bonds. The van der Waals surface area contributed by atoms with Crippen molar-refractivity contribution in [1.82, 2.24) is 4.90 Å². The summed E-state index contributed by atoms with van der Waals surface area (Å²) in [6.45, 7) is 1.09. The Morgan fingerprint density at radius 3 is 2.56 bits per heavy atom. The minimum Gasteiger partial charge on any atom is -0.482 e. The van der Waals surface area contributed by atoms with E-state index in [-0.39, 0.29) is 12.4 Å². The number of carbonyl (C=O) groups is 1. The fourth-order valence-corrected chi connectivity index (χ4v) is 1.28. The van der Waals surface area contributed by atoms with Crippen LogP contribution in [-0.4, -0.2) is 44.7 Å². The maximum Gasteiger partial charge on any atom is 0.344 e. The fourth-order valence-electron chi connectivity index (χ4n) is 1.28. The van der Waals surface area contributed by atoms with Crippen molar-refractivity contribution >= 4 is 5.97 Å². The van der Waals surface area contributed by atoms with Crippen molar-refractivity contribution in [3.8, 4) is 5.75 Å². The van der Waals surface area contributed by atoms with Gasteiger partial charge in [-0.3, -0.25) is 0 Å². The molecule has 1 aromatic carbocycles. The van der Waals surface area contributed by atoms with E-state index in [1.165, 1.54) is 24.3 Å². The van der Waals surface area contributed by atoms with E-state index in [1.54, 1.807) is 0 Å². The van der Waals surface area contributed by atoms with E-state index in [4.69, 9.17) is 9.47 Å². The molecule has 0 radical (unpaired) electrons. The van der Waals surface area contributed by atoms with Gasteiger partial charge in [-0.15, -0.1) is 0 Å². The van der Waals surface area contributed by atoms with Gasteiger partial charge in [0.05, 0.1) is 6.61 Å². The van der Waals surface area contributed by atoms with E-state index in [0.717, 1.165) is 13.0 Å². The molecule has 0 bridgehead atoms. The topological polar surface area (TPSA) is 38.8 Å². The lowest BCUT2D eigenvalue weighted by atomic mass is 10.3. The molecule has 0 heterocycles. The van der Waals surface area contributed by atoms with Crippen LogP contribution in [0.5, 0.6) is 5.75 Å². The minimum absolute atomic E-state index is 0.159. The van der Waals surface area contributed by atoms with Gasteiger partial charge >= 0.3 is 5.97 Å². The molecule has 0 aliphatic rings. The van der Waals surface area contributed by atoms with Gasteiger partial charge in [-0.25, -0.2) is 9.18 Å². The van der Waals surface area contributed by atoms with Gasteiger partial charge in [0.15, 0.2) is 6.61 Å². The fraction of sp³-hybridized carbons (Fsp3) is 0.462. The number of hydrogen-bond donors (Lipinski definition) is 0. The van der Waals surface area contributed by atoms with Crippen LogP contribution in [0.4, 0.5) is 4.39 Å². The third-order valence-corrected chi connectivity index (χ3v) is 2.18. The number of benzene rings is 1. The zero-order valence-corrected chi connectivity index (χ0v) is 10.7. The predicted octanol–water partition coefficient (Wildman–Crippen LogP) is 1.70. The molecular formula is C13H18FNO3. The molecule has 4 nitrogen and oxygen atoms in total. The van der Waals surface area contributed by atoms with E-state index < -0.39 is 5.97 Å². The van der Waals surface area contributed by atoms with E-state index in [9.17, 15) is 9.18 Å². The van der Waals surface area contributed by atoms with Gasteiger partial charge < -0.3 is 14.4 Å². The van der Waals surface area contributed by atoms with Crippen molar-refractivity contribution in [2.24, 2.45) is 0 Å². The van der Waals surface area contributed by atoms with Gasteiger partial charge in [0, 0.05) is 6.54 Å². The number of hydrogen-bond acceptors (Lipinski definition) is 4. The lowest BCUT2D eigenvalue weighted by molar-refractivity contribution is -0.146. The lowest BCUT2D eigenvalue weighted by Crippen LogP contribution is -2.19. The van der Waals surface area contributed by atoms with Gasteiger partial charge in [0.1, 0.15) is 11.6 Å². The molecule has 18 heavy (non-hydrogen) atoms. The van der Waals surface area contributed by atoms with Crippen LogP contribution < -0.4 is 4.74 Å². The van der Waals surface area contributed by atoms with Crippen molar-refractivity contribution in [2.75, 3.05) is 33.9 Å². The standard InChI is InChI=1S/C13H18FNO3/c1-15(2)8-3-9-17-13(16)10-18-12-6-4-11(14)5-7-12/h4-7H,3,8-10H2,1-2H3. The van der Waals surface area contributed by atoms with Crippen LogP contribution in [-0.2, 0) is 9.53 Å². The summed E-state index contributed by atoms with van der Waals surface area (Å²) in [5.41, 5.74) is 0. The molecule has 0 atom stereocenters. The van der Waals surface area contributed by atoms with Crippen LogP contribution in [0, 0.1) is 5.82 Å². The van der Waals surface area contributed by atoms with Crippen molar-refractivity contribution < 1.29 is 18.7 Å². The second kappa shape index (κ2) is 7.66. The third-order valence-electron chi connectivity index (χ3n) is 2.18. The Bertz CT molecular complexity index is 365. The second-order valence-corrected chi connectivity index (χ2v) is 4.12. The van der Waals surface area contributed by atoms with E-state index in [2.05, 4.69) is 0 Å². The van der Waals surface area contributed by atoms with Crippen LogP contribution in [0.1, 0.15) is 6.42 Å². The molecule has 0 spiro atoms. The molecular weight excluding hydrogens is 237 g/mol. The summed E-state index contributed by atoms with van der Waals surface area (Å²) < 4.78 is 22.7. The van der Waals surface area contributed by atoms with Crippen LogP contribution in [0.2, 0.25) is 0 Å². The van der Waals surface area contributed by atoms with Crippen molar-refractivity contribution in [2.45, 2.75) is 6.42 Å². The molecule has 0 aromatic heterocycles. The van der Waals surface area contributed by atoms with E-state index in [1.807, 2.05) is 19.0 Å². The Labute approximate surface area is 106 Å². The molecule has 0 aliphatic carbocycles. The summed E-state index contributed by atoms with van der Waals surface area (Å²) in [5, 5.41) is 0. The van der Waals surface area contributed by atoms with Crippen LogP contribution in [0.3, 0.4) is 0 Å². The molecule has 0 saturated heterocycles. The Kier molecular flexibility index (Phi) is 6.14. The number of ether oxygens (including phenoxy) is 2. The van der Waals surface area contributed by atoms with Gasteiger partial charge in [-0.2, -0.15) is 0 Å². The monoisotopic (exact) mass is 255 g/mol. The van der Waals surface area contributed by atoms with Gasteiger partial charge in [0.2, 0.25) is 0 Å². The van der Waals surface area contributed by atoms with Gasteiger partial charge in [-0.1, -0.05) is 0 Å². The Morgan fingerprint density at radius 2 is 1.94 bits per heavy atom. The molecule has 100 valence electrons. The number of carbonyl (C=O) groups excluding carboxylic acids is 1. The summed E-state index contributed by atoms with van der Waals surface area (Å²) in [6, 6.07) is 5.48. The highest BCUT2D eigenvalue weighted by molar-refractivity contribution is 5.71. The smallest absolute Gasteiger partial charge is 0.344 e. The first-order valence-corrected chi connectivity index (χ1v) is 5.76. The average Bonchev–Trinajstić information content (AvgIpc) is 2.34. The molecule has 5 heteroatoms.